The molecule has 0 N–H and O–H groups in total. The topological polar surface area (TPSA) is 52.0 Å². The van der Waals surface area contributed by atoms with E-state index in [1.165, 1.54) is 17.2 Å². The lowest BCUT2D eigenvalue weighted by molar-refractivity contribution is 0.604. The van der Waals surface area contributed by atoms with Crippen LogP contribution in [0.2, 0.25) is 0 Å². The fraction of sp³-hybridized carbons (Fsp3) is 0.154. The highest BCUT2D eigenvalue weighted by atomic mass is 32.2. The Morgan fingerprint density at radius 3 is 2.68 bits per heavy atom. The number of hydrogen-bond acceptors (Lipinski definition) is 4. The minimum absolute atomic E-state index is 0.313. The number of imidazole rings is 1. The van der Waals surface area contributed by atoms with Crippen molar-refractivity contribution in [1.29, 1.82) is 0 Å². The number of nitrogens with zero attached hydrogens (tertiary/aromatic N) is 2. The summed E-state index contributed by atoms with van der Waals surface area (Å²) in [5, 5.41) is 2.11. The maximum absolute atomic E-state index is 11.9. The Kier molecular flexibility index (Phi) is 4.44. The Bertz CT molecular complexity index is 661. The Balaban J connectivity index is 1.98. The van der Waals surface area contributed by atoms with Gasteiger partial charge in [0.25, 0.3) is 0 Å². The molecule has 0 radical (unpaired) electrons. The van der Waals surface area contributed by atoms with E-state index in [-0.39, 0.29) is 0 Å². The van der Waals surface area contributed by atoms with Gasteiger partial charge < -0.3 is 4.57 Å². The van der Waals surface area contributed by atoms with E-state index in [1.807, 2.05) is 17.8 Å². The van der Waals surface area contributed by atoms with Gasteiger partial charge in [0.05, 0.1) is 4.90 Å². The van der Waals surface area contributed by atoms with Crippen LogP contribution in [0.5, 0.6) is 0 Å². The van der Waals surface area contributed by atoms with Crippen molar-refractivity contribution in [2.45, 2.75) is 10.1 Å². The first-order valence-corrected chi connectivity index (χ1v) is 8.19. The van der Waals surface area contributed by atoms with Crippen LogP contribution in [0, 0.1) is 0 Å². The van der Waals surface area contributed by atoms with E-state index in [0.717, 1.165) is 5.16 Å². The normalized spacial score (nSPS) is 12.1. The Morgan fingerprint density at radius 2 is 2.05 bits per heavy atom. The minimum Gasteiger partial charge on any atom is -0.329 e. The Labute approximate surface area is 117 Å². The summed E-state index contributed by atoms with van der Waals surface area (Å²) < 4.78 is 25.8. The summed E-state index contributed by atoms with van der Waals surface area (Å²) in [6, 6.07) is 8.39. The van der Waals surface area contributed by atoms with Crippen molar-refractivity contribution in [2.24, 2.45) is 7.05 Å². The SMILES string of the molecule is Cn1ccnc1SC/C=C/S(=O)(=O)c1ccccc1. The Morgan fingerprint density at radius 1 is 1.32 bits per heavy atom. The molecular weight excluding hydrogens is 280 g/mol. The van der Waals surface area contributed by atoms with Crippen molar-refractivity contribution in [3.63, 3.8) is 0 Å². The van der Waals surface area contributed by atoms with E-state index in [1.54, 1.807) is 42.6 Å². The van der Waals surface area contributed by atoms with Crippen LogP contribution < -0.4 is 0 Å². The number of aryl methyl sites for hydroxylation is 1. The van der Waals surface area contributed by atoms with Crippen molar-refractivity contribution in [2.75, 3.05) is 5.75 Å². The smallest absolute Gasteiger partial charge is 0.199 e. The molecule has 0 aliphatic rings. The standard InChI is InChI=1S/C13H14N2O2S2/c1-15-9-8-14-13(15)18-10-5-11-19(16,17)12-6-3-2-4-7-12/h2-9,11H,10H2,1H3/b11-5+. The second-order valence-corrected chi connectivity index (χ2v) is 6.68. The molecule has 0 atom stereocenters. The van der Waals surface area contributed by atoms with E-state index < -0.39 is 9.84 Å². The predicted molar refractivity (Wildman–Crippen MR) is 76.7 cm³/mol. The third kappa shape index (κ3) is 3.71. The van der Waals surface area contributed by atoms with Gasteiger partial charge in [-0.3, -0.25) is 0 Å². The summed E-state index contributed by atoms with van der Waals surface area (Å²) in [4.78, 5) is 4.46. The molecular formula is C13H14N2O2S2. The molecule has 0 amide bonds. The maximum atomic E-state index is 11.9. The first-order chi connectivity index (χ1) is 9.09. The van der Waals surface area contributed by atoms with E-state index >= 15 is 0 Å². The van der Waals surface area contributed by atoms with Crippen LogP contribution in [-0.2, 0) is 16.9 Å². The molecule has 1 aromatic heterocycles. The molecule has 2 rings (SSSR count). The highest BCUT2D eigenvalue weighted by molar-refractivity contribution is 7.99. The van der Waals surface area contributed by atoms with Crippen LogP contribution >= 0.6 is 11.8 Å². The minimum atomic E-state index is -3.33. The zero-order valence-electron chi connectivity index (χ0n) is 10.4. The molecule has 1 heterocycles. The van der Waals surface area contributed by atoms with Gasteiger partial charge in [-0.1, -0.05) is 36.0 Å². The largest absolute Gasteiger partial charge is 0.329 e. The summed E-state index contributed by atoms with van der Waals surface area (Å²) in [6.45, 7) is 0. The zero-order valence-corrected chi connectivity index (χ0v) is 12.1. The molecule has 19 heavy (non-hydrogen) atoms. The molecule has 2 aromatic rings. The summed E-state index contributed by atoms with van der Waals surface area (Å²) in [7, 11) is -1.43. The van der Waals surface area contributed by atoms with E-state index in [9.17, 15) is 8.42 Å². The van der Waals surface area contributed by atoms with Gasteiger partial charge in [-0.15, -0.1) is 0 Å². The second kappa shape index (κ2) is 6.08. The van der Waals surface area contributed by atoms with Gasteiger partial charge in [-0.25, -0.2) is 13.4 Å². The van der Waals surface area contributed by atoms with E-state index in [0.29, 0.717) is 10.6 Å². The van der Waals surface area contributed by atoms with Crippen LogP contribution in [0.3, 0.4) is 0 Å². The van der Waals surface area contributed by atoms with Crippen molar-refractivity contribution in [3.8, 4) is 0 Å². The van der Waals surface area contributed by atoms with Crippen molar-refractivity contribution >= 4 is 21.6 Å². The van der Waals surface area contributed by atoms with Gasteiger partial charge in [0.1, 0.15) is 0 Å². The van der Waals surface area contributed by atoms with Crippen molar-refractivity contribution in [1.82, 2.24) is 9.55 Å². The molecule has 6 heteroatoms. The molecule has 0 bridgehead atoms. The average Bonchev–Trinajstić information content (AvgIpc) is 2.81. The fourth-order valence-electron chi connectivity index (χ4n) is 1.47. The van der Waals surface area contributed by atoms with Gasteiger partial charge in [0, 0.05) is 30.6 Å². The number of hydrogen-bond donors (Lipinski definition) is 0. The first kappa shape index (κ1) is 13.9. The second-order valence-electron chi connectivity index (χ2n) is 3.86. The molecule has 0 saturated heterocycles. The van der Waals surface area contributed by atoms with Crippen LogP contribution in [0.1, 0.15) is 0 Å². The Hall–Kier alpha value is -1.53. The molecule has 0 aliphatic carbocycles. The lowest BCUT2D eigenvalue weighted by Crippen LogP contribution is -1.95. The van der Waals surface area contributed by atoms with Gasteiger partial charge in [0.2, 0.25) is 0 Å². The summed E-state index contributed by atoms with van der Waals surface area (Å²) in [6.07, 6.45) is 5.21. The summed E-state index contributed by atoms with van der Waals surface area (Å²) >= 11 is 1.49. The quantitative estimate of drug-likeness (QED) is 0.795. The molecule has 0 unspecified atom stereocenters. The van der Waals surface area contributed by atoms with Crippen LogP contribution in [-0.4, -0.2) is 23.7 Å². The third-order valence-corrected chi connectivity index (χ3v) is 4.92. The highest BCUT2D eigenvalue weighted by Gasteiger charge is 2.08. The lowest BCUT2D eigenvalue weighted by Gasteiger charge is -1.99. The highest BCUT2D eigenvalue weighted by Crippen LogP contribution is 2.16. The molecule has 0 aliphatic heterocycles. The van der Waals surface area contributed by atoms with Crippen LogP contribution in [0.25, 0.3) is 0 Å². The van der Waals surface area contributed by atoms with Gasteiger partial charge in [-0.2, -0.15) is 0 Å². The number of aromatic nitrogens is 2. The van der Waals surface area contributed by atoms with E-state index in [2.05, 4.69) is 4.98 Å². The van der Waals surface area contributed by atoms with Crippen molar-refractivity contribution < 1.29 is 8.42 Å². The maximum Gasteiger partial charge on any atom is 0.199 e. The molecule has 100 valence electrons. The lowest BCUT2D eigenvalue weighted by atomic mass is 10.4. The number of thioether (sulfide) groups is 1. The van der Waals surface area contributed by atoms with Crippen LogP contribution in [0.4, 0.5) is 0 Å². The van der Waals surface area contributed by atoms with Gasteiger partial charge >= 0.3 is 0 Å². The number of sulfone groups is 1. The summed E-state index contributed by atoms with van der Waals surface area (Å²) in [5.74, 6) is 0.566. The fourth-order valence-corrected chi connectivity index (χ4v) is 3.37. The van der Waals surface area contributed by atoms with Gasteiger partial charge in [0.15, 0.2) is 15.0 Å². The monoisotopic (exact) mass is 294 g/mol. The molecule has 0 fully saturated rings. The number of benzene rings is 1. The molecule has 0 spiro atoms. The third-order valence-electron chi connectivity index (χ3n) is 2.43. The average molecular weight is 294 g/mol. The first-order valence-electron chi connectivity index (χ1n) is 5.66. The zero-order chi connectivity index (χ0) is 13.7. The van der Waals surface area contributed by atoms with Crippen molar-refractivity contribution in [3.05, 3.63) is 54.2 Å². The van der Waals surface area contributed by atoms with Crippen LogP contribution in [0.15, 0.2) is 64.3 Å². The molecule has 1 aromatic carbocycles. The summed E-state index contributed by atoms with van der Waals surface area (Å²) in [5.41, 5.74) is 0. The predicted octanol–water partition coefficient (Wildman–Crippen LogP) is 2.50. The molecule has 4 nitrogen and oxygen atoms in total. The van der Waals surface area contributed by atoms with E-state index in [4.69, 9.17) is 0 Å². The number of rotatable bonds is 5. The van der Waals surface area contributed by atoms with Gasteiger partial charge in [-0.05, 0) is 12.1 Å². The molecule has 0 saturated carbocycles.